The Labute approximate surface area is 113 Å². The lowest BCUT2D eigenvalue weighted by Gasteiger charge is -2.38. The molecule has 1 aromatic rings. The number of hydrazine groups is 1. The third kappa shape index (κ3) is 2.77. The maximum Gasteiger partial charge on any atom is 0.267 e. The summed E-state index contributed by atoms with van der Waals surface area (Å²) in [5.41, 5.74) is 4.07. The minimum atomic E-state index is -0.0615. The number of pyridine rings is 1. The molecule has 0 atom stereocenters. The van der Waals surface area contributed by atoms with Crippen molar-refractivity contribution in [3.63, 3.8) is 0 Å². The molecule has 0 radical (unpaired) electrons. The van der Waals surface area contributed by atoms with Crippen LogP contribution >= 0.6 is 0 Å². The summed E-state index contributed by atoms with van der Waals surface area (Å²) in [6, 6.07) is 3.57. The average Bonchev–Trinajstić information content (AvgIpc) is 2.91. The number of rotatable bonds is 2. The van der Waals surface area contributed by atoms with Gasteiger partial charge in [0.05, 0.1) is 5.56 Å². The van der Waals surface area contributed by atoms with E-state index in [1.807, 2.05) is 5.01 Å². The van der Waals surface area contributed by atoms with Crippen LogP contribution in [-0.2, 0) is 0 Å². The zero-order valence-electron chi connectivity index (χ0n) is 11.1. The van der Waals surface area contributed by atoms with Gasteiger partial charge in [-0.2, -0.15) is 0 Å². The summed E-state index contributed by atoms with van der Waals surface area (Å²) in [7, 11) is 0. The number of aromatic nitrogens is 1. The predicted molar refractivity (Wildman–Crippen MR) is 72.4 cm³/mol. The van der Waals surface area contributed by atoms with E-state index in [4.69, 9.17) is 0 Å². The Kier molecular flexibility index (Phi) is 3.48. The van der Waals surface area contributed by atoms with Crippen molar-refractivity contribution in [3.8, 4) is 0 Å². The lowest BCUT2D eigenvalue weighted by molar-refractivity contribution is 0.0566. The summed E-state index contributed by atoms with van der Waals surface area (Å²) in [5, 5.41) is 5.49. The number of hydrogen-bond acceptors (Lipinski definition) is 4. The quantitative estimate of drug-likeness (QED) is 0.826. The van der Waals surface area contributed by atoms with Gasteiger partial charge in [-0.15, -0.1) is 0 Å². The molecule has 5 nitrogen and oxygen atoms in total. The number of nitrogens with zero attached hydrogens (tertiary/aromatic N) is 2. The summed E-state index contributed by atoms with van der Waals surface area (Å²) < 4.78 is 0. The van der Waals surface area contributed by atoms with Crippen LogP contribution in [0.3, 0.4) is 0 Å². The van der Waals surface area contributed by atoms with Gasteiger partial charge in [-0.1, -0.05) is 0 Å². The van der Waals surface area contributed by atoms with Gasteiger partial charge >= 0.3 is 0 Å². The van der Waals surface area contributed by atoms with Gasteiger partial charge in [-0.05, 0) is 43.4 Å². The zero-order valence-corrected chi connectivity index (χ0v) is 11.1. The van der Waals surface area contributed by atoms with E-state index in [1.54, 1.807) is 24.5 Å². The van der Waals surface area contributed by atoms with E-state index in [2.05, 4.69) is 15.7 Å². The lowest BCUT2D eigenvalue weighted by Crippen LogP contribution is -2.49. The van der Waals surface area contributed by atoms with Crippen molar-refractivity contribution in [2.24, 2.45) is 5.41 Å². The number of carbonyl (C=O) groups is 1. The average molecular weight is 260 g/mol. The van der Waals surface area contributed by atoms with Crippen molar-refractivity contribution < 1.29 is 4.79 Å². The molecule has 1 spiro atoms. The number of hydrogen-bond donors (Lipinski definition) is 2. The van der Waals surface area contributed by atoms with Gasteiger partial charge in [0, 0.05) is 32.0 Å². The number of carbonyl (C=O) groups excluding carboxylic acids is 1. The molecule has 2 fully saturated rings. The van der Waals surface area contributed by atoms with Gasteiger partial charge in [-0.25, -0.2) is 5.01 Å². The standard InChI is InChI=1S/C14H20N4O/c19-13(12-2-1-6-15-10-12)17-18-8-4-14(5-9-18)3-7-16-11-14/h1-2,6,10,16H,3-5,7-9,11H2,(H,17,19). The van der Waals surface area contributed by atoms with Crippen LogP contribution in [0.5, 0.6) is 0 Å². The van der Waals surface area contributed by atoms with Crippen LogP contribution in [0, 0.1) is 5.41 Å². The predicted octanol–water partition coefficient (Wildman–Crippen LogP) is 0.802. The Morgan fingerprint density at radius 1 is 1.37 bits per heavy atom. The Morgan fingerprint density at radius 2 is 2.21 bits per heavy atom. The van der Waals surface area contributed by atoms with Crippen molar-refractivity contribution in [2.45, 2.75) is 19.3 Å². The first kappa shape index (κ1) is 12.6. The van der Waals surface area contributed by atoms with Crippen LogP contribution in [0.25, 0.3) is 0 Å². The number of piperidine rings is 1. The lowest BCUT2D eigenvalue weighted by atomic mass is 9.78. The van der Waals surface area contributed by atoms with E-state index >= 15 is 0 Å². The first-order chi connectivity index (χ1) is 9.27. The Hall–Kier alpha value is -1.46. The van der Waals surface area contributed by atoms with Crippen molar-refractivity contribution in [1.29, 1.82) is 0 Å². The minimum absolute atomic E-state index is 0.0615. The fraction of sp³-hybridized carbons (Fsp3) is 0.571. The molecule has 0 saturated carbocycles. The van der Waals surface area contributed by atoms with Crippen molar-refractivity contribution in [3.05, 3.63) is 30.1 Å². The summed E-state index contributed by atoms with van der Waals surface area (Å²) in [6.07, 6.45) is 6.87. The summed E-state index contributed by atoms with van der Waals surface area (Å²) in [5.74, 6) is -0.0615. The highest BCUT2D eigenvalue weighted by molar-refractivity contribution is 5.93. The largest absolute Gasteiger partial charge is 0.316 e. The molecular weight excluding hydrogens is 240 g/mol. The fourth-order valence-electron chi connectivity index (χ4n) is 3.02. The molecule has 102 valence electrons. The fourth-order valence-corrected chi connectivity index (χ4v) is 3.02. The van der Waals surface area contributed by atoms with Gasteiger partial charge < -0.3 is 5.32 Å². The number of amides is 1. The minimum Gasteiger partial charge on any atom is -0.316 e. The molecular formula is C14H20N4O. The Bertz CT molecular complexity index is 432. The molecule has 19 heavy (non-hydrogen) atoms. The molecule has 1 aromatic heterocycles. The van der Waals surface area contributed by atoms with Crippen LogP contribution in [0.2, 0.25) is 0 Å². The van der Waals surface area contributed by atoms with E-state index in [9.17, 15) is 4.79 Å². The van der Waals surface area contributed by atoms with Gasteiger partial charge in [-0.3, -0.25) is 15.2 Å². The monoisotopic (exact) mass is 260 g/mol. The van der Waals surface area contributed by atoms with Gasteiger partial charge in [0.25, 0.3) is 5.91 Å². The molecule has 0 unspecified atom stereocenters. The normalized spacial score (nSPS) is 22.5. The molecule has 5 heteroatoms. The van der Waals surface area contributed by atoms with Crippen molar-refractivity contribution in [2.75, 3.05) is 26.2 Å². The van der Waals surface area contributed by atoms with Crippen LogP contribution < -0.4 is 10.7 Å². The molecule has 2 saturated heterocycles. The van der Waals surface area contributed by atoms with E-state index in [1.165, 1.54) is 6.42 Å². The first-order valence-corrected chi connectivity index (χ1v) is 6.94. The van der Waals surface area contributed by atoms with Gasteiger partial charge in [0.15, 0.2) is 0 Å². The second-order valence-corrected chi connectivity index (χ2v) is 5.60. The SMILES string of the molecule is O=C(NN1CCC2(CCNC2)CC1)c1cccnc1. The smallest absolute Gasteiger partial charge is 0.267 e. The molecule has 3 heterocycles. The highest BCUT2D eigenvalue weighted by Gasteiger charge is 2.37. The van der Waals surface area contributed by atoms with E-state index < -0.39 is 0 Å². The molecule has 2 aliphatic rings. The third-order valence-corrected chi connectivity index (χ3v) is 4.34. The summed E-state index contributed by atoms with van der Waals surface area (Å²) >= 11 is 0. The summed E-state index contributed by atoms with van der Waals surface area (Å²) in [4.78, 5) is 16.0. The number of nitrogens with one attached hydrogen (secondary N) is 2. The molecule has 1 amide bonds. The van der Waals surface area contributed by atoms with Crippen LogP contribution in [0.4, 0.5) is 0 Å². The highest BCUT2D eigenvalue weighted by Crippen LogP contribution is 2.36. The molecule has 0 aliphatic carbocycles. The van der Waals surface area contributed by atoms with Crippen LogP contribution in [0.15, 0.2) is 24.5 Å². The van der Waals surface area contributed by atoms with Gasteiger partial charge in [0.1, 0.15) is 0 Å². The van der Waals surface area contributed by atoms with E-state index in [0.717, 1.165) is 39.0 Å². The maximum absolute atomic E-state index is 12.0. The molecule has 2 N–H and O–H groups in total. The third-order valence-electron chi connectivity index (χ3n) is 4.34. The van der Waals surface area contributed by atoms with Crippen LogP contribution in [-0.4, -0.2) is 42.1 Å². The van der Waals surface area contributed by atoms with Crippen molar-refractivity contribution in [1.82, 2.24) is 20.7 Å². The van der Waals surface area contributed by atoms with E-state index in [-0.39, 0.29) is 5.91 Å². The van der Waals surface area contributed by atoms with Crippen molar-refractivity contribution >= 4 is 5.91 Å². The molecule has 0 bridgehead atoms. The Balaban J connectivity index is 1.53. The molecule has 0 aromatic carbocycles. The van der Waals surface area contributed by atoms with E-state index in [0.29, 0.717) is 11.0 Å². The second-order valence-electron chi connectivity index (χ2n) is 5.60. The topological polar surface area (TPSA) is 57.3 Å². The highest BCUT2D eigenvalue weighted by atomic mass is 16.2. The zero-order chi connectivity index (χ0) is 13.1. The molecule has 3 rings (SSSR count). The Morgan fingerprint density at radius 3 is 2.84 bits per heavy atom. The van der Waals surface area contributed by atoms with Crippen LogP contribution in [0.1, 0.15) is 29.6 Å². The summed E-state index contributed by atoms with van der Waals surface area (Å²) in [6.45, 7) is 4.15. The molecule has 2 aliphatic heterocycles. The first-order valence-electron chi connectivity index (χ1n) is 6.94. The van der Waals surface area contributed by atoms with Gasteiger partial charge in [0.2, 0.25) is 0 Å². The maximum atomic E-state index is 12.0. The second kappa shape index (κ2) is 5.27.